The Morgan fingerprint density at radius 3 is 2.67 bits per heavy atom. The maximum absolute atomic E-state index is 12.1. The van der Waals surface area contributed by atoms with Crippen LogP contribution >= 0.6 is 11.8 Å². The first kappa shape index (κ1) is 19.0. The van der Waals surface area contributed by atoms with E-state index in [2.05, 4.69) is 27.0 Å². The van der Waals surface area contributed by atoms with Crippen LogP contribution in [-0.2, 0) is 11.3 Å². The third-order valence-electron chi connectivity index (χ3n) is 4.08. The summed E-state index contributed by atoms with van der Waals surface area (Å²) in [6.45, 7) is 2.88. The number of rotatable bonds is 7. The number of carbonyl (C=O) groups excluding carboxylic acids is 1. The van der Waals surface area contributed by atoms with Crippen LogP contribution in [0, 0.1) is 0 Å². The zero-order valence-electron chi connectivity index (χ0n) is 15.7. The number of nitrogens with zero attached hydrogens (tertiary/aromatic N) is 4. The van der Waals surface area contributed by atoms with Gasteiger partial charge in [0.05, 0.1) is 23.0 Å². The first-order valence-corrected chi connectivity index (χ1v) is 9.74. The molecule has 7 heteroatoms. The second kappa shape index (κ2) is 8.73. The number of aryl methyl sites for hydroxylation is 1. The molecule has 0 bridgehead atoms. The minimum Gasteiger partial charge on any atom is -0.378 e. The average molecular weight is 382 g/mol. The highest BCUT2D eigenvalue weighted by molar-refractivity contribution is 7.99. The lowest BCUT2D eigenvalue weighted by atomic mass is 10.2. The van der Waals surface area contributed by atoms with Crippen LogP contribution in [0.4, 0.5) is 5.69 Å². The Bertz CT molecular complexity index is 947. The number of carbonyl (C=O) groups is 1. The SMILES string of the molecule is CCn1c(SCC(=O)N/N=C\c2ccc(N(C)C)cc2)nc2ccccc21. The standard InChI is InChI=1S/C20H23N5OS/c1-4-25-18-8-6-5-7-17(18)22-20(25)27-14-19(26)23-21-13-15-9-11-16(12-10-15)24(2)3/h5-13H,4,14H2,1-3H3,(H,23,26)/b21-13-. The van der Waals surface area contributed by atoms with Gasteiger partial charge in [-0.15, -0.1) is 0 Å². The van der Waals surface area contributed by atoms with Crippen LogP contribution < -0.4 is 10.3 Å². The molecule has 1 N–H and O–H groups in total. The molecule has 1 heterocycles. The van der Waals surface area contributed by atoms with E-state index < -0.39 is 0 Å². The molecule has 3 rings (SSSR count). The Kier molecular flexibility index (Phi) is 6.13. The van der Waals surface area contributed by atoms with Crippen LogP contribution in [0.25, 0.3) is 11.0 Å². The van der Waals surface area contributed by atoms with Crippen molar-refractivity contribution in [2.45, 2.75) is 18.6 Å². The van der Waals surface area contributed by atoms with Gasteiger partial charge in [0.25, 0.3) is 5.91 Å². The van der Waals surface area contributed by atoms with Gasteiger partial charge in [0.15, 0.2) is 5.16 Å². The molecule has 0 aliphatic heterocycles. The number of nitrogens with one attached hydrogen (secondary N) is 1. The Morgan fingerprint density at radius 1 is 1.22 bits per heavy atom. The van der Waals surface area contributed by atoms with E-state index in [0.29, 0.717) is 0 Å². The van der Waals surface area contributed by atoms with E-state index in [9.17, 15) is 4.79 Å². The zero-order chi connectivity index (χ0) is 19.2. The summed E-state index contributed by atoms with van der Waals surface area (Å²) in [6, 6.07) is 15.9. The van der Waals surface area contributed by atoms with Crippen molar-refractivity contribution in [3.05, 3.63) is 54.1 Å². The van der Waals surface area contributed by atoms with Gasteiger partial charge in [-0.05, 0) is 36.8 Å². The first-order chi connectivity index (χ1) is 13.1. The molecule has 3 aromatic rings. The van der Waals surface area contributed by atoms with Crippen molar-refractivity contribution < 1.29 is 4.79 Å². The largest absolute Gasteiger partial charge is 0.378 e. The number of hydrazone groups is 1. The quantitative estimate of drug-likeness (QED) is 0.387. The molecular formula is C20H23N5OS. The van der Waals surface area contributed by atoms with Crippen molar-refractivity contribution in [1.29, 1.82) is 0 Å². The fourth-order valence-corrected chi connectivity index (χ4v) is 3.54. The smallest absolute Gasteiger partial charge is 0.250 e. The van der Waals surface area contributed by atoms with E-state index in [1.54, 1.807) is 6.21 Å². The minimum atomic E-state index is -0.157. The molecule has 0 fully saturated rings. The fourth-order valence-electron chi connectivity index (χ4n) is 2.67. The predicted octanol–water partition coefficient (Wildman–Crippen LogP) is 3.36. The van der Waals surface area contributed by atoms with Gasteiger partial charge in [-0.3, -0.25) is 4.79 Å². The van der Waals surface area contributed by atoms with Crippen molar-refractivity contribution in [1.82, 2.24) is 15.0 Å². The molecule has 0 radical (unpaired) electrons. The number of imidazole rings is 1. The summed E-state index contributed by atoms with van der Waals surface area (Å²) >= 11 is 1.42. The van der Waals surface area contributed by atoms with E-state index in [1.165, 1.54) is 11.8 Å². The average Bonchev–Trinajstić information content (AvgIpc) is 3.04. The van der Waals surface area contributed by atoms with Gasteiger partial charge in [-0.2, -0.15) is 5.10 Å². The number of para-hydroxylation sites is 2. The van der Waals surface area contributed by atoms with Crippen LogP contribution in [0.1, 0.15) is 12.5 Å². The van der Waals surface area contributed by atoms with Gasteiger partial charge in [0.1, 0.15) is 0 Å². The lowest BCUT2D eigenvalue weighted by molar-refractivity contribution is -0.118. The second-order valence-electron chi connectivity index (χ2n) is 6.20. The van der Waals surface area contributed by atoms with Crippen molar-refractivity contribution >= 4 is 40.6 Å². The number of amides is 1. The van der Waals surface area contributed by atoms with Crippen molar-refractivity contribution in [3.8, 4) is 0 Å². The Morgan fingerprint density at radius 2 is 1.96 bits per heavy atom. The summed E-state index contributed by atoms with van der Waals surface area (Å²) in [7, 11) is 3.99. The predicted molar refractivity (Wildman–Crippen MR) is 113 cm³/mol. The maximum atomic E-state index is 12.1. The molecule has 1 aromatic heterocycles. The number of benzene rings is 2. The molecular weight excluding hydrogens is 358 g/mol. The van der Waals surface area contributed by atoms with Gasteiger partial charge in [0, 0.05) is 26.3 Å². The van der Waals surface area contributed by atoms with Crippen LogP contribution in [0.2, 0.25) is 0 Å². The second-order valence-corrected chi connectivity index (χ2v) is 7.14. The summed E-state index contributed by atoms with van der Waals surface area (Å²) in [5.74, 6) is 0.108. The van der Waals surface area contributed by atoms with Gasteiger partial charge in [0.2, 0.25) is 0 Å². The molecule has 6 nitrogen and oxygen atoms in total. The molecule has 0 spiro atoms. The molecule has 0 unspecified atom stereocenters. The molecule has 0 aliphatic rings. The Balaban J connectivity index is 1.55. The van der Waals surface area contributed by atoms with E-state index in [-0.39, 0.29) is 11.7 Å². The van der Waals surface area contributed by atoms with E-state index in [4.69, 9.17) is 0 Å². The lowest BCUT2D eigenvalue weighted by Crippen LogP contribution is -2.20. The number of fused-ring (bicyclic) bond motifs is 1. The van der Waals surface area contributed by atoms with E-state index in [1.807, 2.05) is 67.5 Å². The number of anilines is 1. The Hall–Kier alpha value is -2.80. The highest BCUT2D eigenvalue weighted by Crippen LogP contribution is 2.23. The Labute approximate surface area is 163 Å². The highest BCUT2D eigenvalue weighted by atomic mass is 32.2. The van der Waals surface area contributed by atoms with E-state index in [0.717, 1.165) is 34.0 Å². The molecule has 2 aromatic carbocycles. The van der Waals surface area contributed by atoms with Crippen LogP contribution in [0.3, 0.4) is 0 Å². The summed E-state index contributed by atoms with van der Waals surface area (Å²) < 4.78 is 2.11. The number of aromatic nitrogens is 2. The van der Waals surface area contributed by atoms with Gasteiger partial charge in [-0.25, -0.2) is 10.4 Å². The van der Waals surface area contributed by atoms with Crippen LogP contribution in [0.15, 0.2) is 58.8 Å². The summed E-state index contributed by atoms with van der Waals surface area (Å²) in [6.07, 6.45) is 1.64. The maximum Gasteiger partial charge on any atom is 0.250 e. The lowest BCUT2D eigenvalue weighted by Gasteiger charge is -2.11. The number of hydrogen-bond donors (Lipinski definition) is 1. The molecule has 27 heavy (non-hydrogen) atoms. The number of hydrogen-bond acceptors (Lipinski definition) is 5. The summed E-state index contributed by atoms with van der Waals surface area (Å²) in [5, 5.41) is 4.88. The fraction of sp³-hybridized carbons (Fsp3) is 0.250. The topological polar surface area (TPSA) is 62.5 Å². The molecule has 0 aliphatic carbocycles. The molecule has 0 atom stereocenters. The third-order valence-corrected chi connectivity index (χ3v) is 5.06. The molecule has 0 saturated heterocycles. The normalized spacial score (nSPS) is 11.2. The van der Waals surface area contributed by atoms with Gasteiger partial charge >= 0.3 is 0 Å². The molecule has 1 amide bonds. The zero-order valence-corrected chi connectivity index (χ0v) is 16.5. The van der Waals surface area contributed by atoms with E-state index >= 15 is 0 Å². The van der Waals surface area contributed by atoms with Gasteiger partial charge in [-0.1, -0.05) is 36.0 Å². The van der Waals surface area contributed by atoms with Crippen molar-refractivity contribution in [2.75, 3.05) is 24.7 Å². The molecule has 0 saturated carbocycles. The summed E-state index contributed by atoms with van der Waals surface area (Å²) in [5.41, 5.74) is 6.65. The minimum absolute atomic E-state index is 0.157. The van der Waals surface area contributed by atoms with Gasteiger partial charge < -0.3 is 9.47 Å². The highest BCUT2D eigenvalue weighted by Gasteiger charge is 2.11. The van der Waals surface area contributed by atoms with Crippen molar-refractivity contribution in [2.24, 2.45) is 5.10 Å². The third kappa shape index (κ3) is 4.68. The van der Waals surface area contributed by atoms with Crippen molar-refractivity contribution in [3.63, 3.8) is 0 Å². The monoisotopic (exact) mass is 381 g/mol. The van der Waals surface area contributed by atoms with Crippen LogP contribution in [-0.4, -0.2) is 41.5 Å². The number of thioether (sulfide) groups is 1. The first-order valence-electron chi connectivity index (χ1n) is 8.76. The molecule has 140 valence electrons. The van der Waals surface area contributed by atoms with Crippen LogP contribution in [0.5, 0.6) is 0 Å². The summed E-state index contributed by atoms with van der Waals surface area (Å²) in [4.78, 5) is 18.7.